The van der Waals surface area contributed by atoms with Crippen LogP contribution in [0.1, 0.15) is 40.5 Å². The Morgan fingerprint density at radius 3 is 2.31 bits per heavy atom. The summed E-state index contributed by atoms with van der Waals surface area (Å²) in [5.41, 5.74) is 5.93. The molecule has 3 N–H and O–H groups in total. The van der Waals surface area contributed by atoms with Crippen molar-refractivity contribution in [2.24, 2.45) is 17.6 Å². The zero-order valence-electron chi connectivity index (χ0n) is 9.64. The summed E-state index contributed by atoms with van der Waals surface area (Å²) in [7, 11) is 0. The summed E-state index contributed by atoms with van der Waals surface area (Å²) < 4.78 is 0. The van der Waals surface area contributed by atoms with Crippen molar-refractivity contribution in [3.8, 4) is 0 Å². The van der Waals surface area contributed by atoms with Gasteiger partial charge in [-0.05, 0) is 31.3 Å². The van der Waals surface area contributed by atoms with Gasteiger partial charge in [-0.25, -0.2) is 0 Å². The molecule has 2 nitrogen and oxygen atoms in total. The number of rotatable bonds is 7. The minimum Gasteiger partial charge on any atom is -0.327 e. The molecular weight excluding hydrogens is 160 g/mol. The molecule has 0 radical (unpaired) electrons. The van der Waals surface area contributed by atoms with Gasteiger partial charge in [0.2, 0.25) is 0 Å². The van der Waals surface area contributed by atoms with Crippen LogP contribution in [-0.2, 0) is 0 Å². The first-order chi connectivity index (χ1) is 6.07. The molecule has 0 aromatic carbocycles. The molecule has 0 amide bonds. The largest absolute Gasteiger partial charge is 0.327 e. The lowest BCUT2D eigenvalue weighted by atomic mass is 10.0. The van der Waals surface area contributed by atoms with Crippen LogP contribution in [0.25, 0.3) is 0 Å². The zero-order valence-corrected chi connectivity index (χ0v) is 9.64. The molecule has 0 aromatic rings. The predicted molar refractivity (Wildman–Crippen MR) is 59.8 cm³/mol. The highest BCUT2D eigenvalue weighted by molar-refractivity contribution is 4.66. The molecule has 0 saturated heterocycles. The lowest BCUT2D eigenvalue weighted by Gasteiger charge is -2.16. The fourth-order valence-electron chi connectivity index (χ4n) is 1.09. The molecular formula is C11H26N2. The summed E-state index contributed by atoms with van der Waals surface area (Å²) in [6.45, 7) is 11.0. The average Bonchev–Trinajstić information content (AvgIpc) is 2.11. The van der Waals surface area contributed by atoms with Crippen LogP contribution in [0.2, 0.25) is 0 Å². The highest BCUT2D eigenvalue weighted by Crippen LogP contribution is 2.02. The second kappa shape index (κ2) is 7.34. The minimum atomic E-state index is 0.351. The Morgan fingerprint density at radius 2 is 1.85 bits per heavy atom. The molecule has 2 atom stereocenters. The third kappa shape index (κ3) is 7.03. The highest BCUT2D eigenvalue weighted by Gasteiger charge is 2.06. The van der Waals surface area contributed by atoms with Crippen LogP contribution in [0.5, 0.6) is 0 Å². The van der Waals surface area contributed by atoms with E-state index in [0.717, 1.165) is 25.4 Å². The van der Waals surface area contributed by atoms with Gasteiger partial charge in [-0.2, -0.15) is 0 Å². The molecule has 0 rings (SSSR count). The van der Waals surface area contributed by atoms with Crippen LogP contribution in [0.4, 0.5) is 0 Å². The Hall–Kier alpha value is -0.0800. The van der Waals surface area contributed by atoms with E-state index in [4.69, 9.17) is 5.73 Å². The Kier molecular flexibility index (Phi) is 7.29. The highest BCUT2D eigenvalue weighted by atomic mass is 14.9. The Bertz CT molecular complexity index is 113. The molecule has 0 bridgehead atoms. The van der Waals surface area contributed by atoms with Crippen molar-refractivity contribution in [2.75, 3.05) is 13.1 Å². The quantitative estimate of drug-likeness (QED) is 0.597. The van der Waals surface area contributed by atoms with Gasteiger partial charge in [-0.1, -0.05) is 34.1 Å². The SMILES string of the molecule is CCC(C)CNCCC(N)C(C)C. The van der Waals surface area contributed by atoms with Gasteiger partial charge in [0.15, 0.2) is 0 Å². The topological polar surface area (TPSA) is 38.0 Å². The maximum atomic E-state index is 5.93. The predicted octanol–water partition coefficient (Wildman–Crippen LogP) is 2.00. The van der Waals surface area contributed by atoms with E-state index in [2.05, 4.69) is 33.0 Å². The van der Waals surface area contributed by atoms with E-state index in [-0.39, 0.29) is 0 Å². The van der Waals surface area contributed by atoms with Gasteiger partial charge < -0.3 is 11.1 Å². The van der Waals surface area contributed by atoms with Crippen LogP contribution in [0, 0.1) is 11.8 Å². The average molecular weight is 186 g/mol. The molecule has 0 spiro atoms. The second-order valence-electron chi connectivity index (χ2n) is 4.41. The number of hydrogen-bond donors (Lipinski definition) is 2. The first kappa shape index (κ1) is 12.9. The van der Waals surface area contributed by atoms with Crippen LogP contribution in [0.15, 0.2) is 0 Å². The summed E-state index contributed by atoms with van der Waals surface area (Å²) in [4.78, 5) is 0. The van der Waals surface area contributed by atoms with Crippen LogP contribution < -0.4 is 11.1 Å². The van der Waals surface area contributed by atoms with Crippen molar-refractivity contribution in [2.45, 2.75) is 46.6 Å². The zero-order chi connectivity index (χ0) is 10.3. The van der Waals surface area contributed by atoms with E-state index >= 15 is 0 Å². The molecule has 0 aliphatic rings. The number of nitrogens with one attached hydrogen (secondary N) is 1. The lowest BCUT2D eigenvalue weighted by Crippen LogP contribution is -2.32. The van der Waals surface area contributed by atoms with Crippen molar-refractivity contribution in [3.63, 3.8) is 0 Å². The van der Waals surface area contributed by atoms with Gasteiger partial charge in [0, 0.05) is 6.04 Å². The van der Waals surface area contributed by atoms with Crippen LogP contribution in [0.3, 0.4) is 0 Å². The first-order valence-corrected chi connectivity index (χ1v) is 5.54. The molecule has 80 valence electrons. The molecule has 0 aromatic heterocycles. The maximum Gasteiger partial charge on any atom is 0.00739 e. The summed E-state index contributed by atoms with van der Waals surface area (Å²) >= 11 is 0. The first-order valence-electron chi connectivity index (χ1n) is 5.54. The third-order valence-corrected chi connectivity index (χ3v) is 2.70. The van der Waals surface area contributed by atoms with Gasteiger partial charge in [0.1, 0.15) is 0 Å². The summed E-state index contributed by atoms with van der Waals surface area (Å²) in [5, 5.41) is 3.44. The Morgan fingerprint density at radius 1 is 1.23 bits per heavy atom. The monoisotopic (exact) mass is 186 g/mol. The maximum absolute atomic E-state index is 5.93. The number of nitrogens with two attached hydrogens (primary N) is 1. The van der Waals surface area contributed by atoms with Crippen LogP contribution in [-0.4, -0.2) is 19.1 Å². The Balaban J connectivity index is 3.25. The standard InChI is InChI=1S/C11H26N2/c1-5-10(4)8-13-7-6-11(12)9(2)3/h9-11,13H,5-8,12H2,1-4H3. The molecule has 13 heavy (non-hydrogen) atoms. The van der Waals surface area contributed by atoms with Gasteiger partial charge in [0.05, 0.1) is 0 Å². The minimum absolute atomic E-state index is 0.351. The molecule has 0 aliphatic carbocycles. The van der Waals surface area contributed by atoms with Crippen LogP contribution >= 0.6 is 0 Å². The fraction of sp³-hybridized carbons (Fsp3) is 1.00. The molecule has 0 aliphatic heterocycles. The van der Waals surface area contributed by atoms with Crippen molar-refractivity contribution < 1.29 is 0 Å². The van der Waals surface area contributed by atoms with E-state index < -0.39 is 0 Å². The van der Waals surface area contributed by atoms with E-state index in [1.807, 2.05) is 0 Å². The van der Waals surface area contributed by atoms with Crippen molar-refractivity contribution in [1.29, 1.82) is 0 Å². The summed E-state index contributed by atoms with van der Waals surface area (Å²) in [5.74, 6) is 1.39. The smallest absolute Gasteiger partial charge is 0.00739 e. The summed E-state index contributed by atoms with van der Waals surface area (Å²) in [6, 6.07) is 0.351. The normalized spacial score (nSPS) is 16.2. The van der Waals surface area contributed by atoms with E-state index in [1.165, 1.54) is 6.42 Å². The van der Waals surface area contributed by atoms with E-state index in [9.17, 15) is 0 Å². The van der Waals surface area contributed by atoms with Gasteiger partial charge in [0.25, 0.3) is 0 Å². The van der Waals surface area contributed by atoms with Crippen molar-refractivity contribution >= 4 is 0 Å². The van der Waals surface area contributed by atoms with Gasteiger partial charge in [-0.15, -0.1) is 0 Å². The molecule has 2 heteroatoms. The molecule has 2 unspecified atom stereocenters. The van der Waals surface area contributed by atoms with Gasteiger partial charge >= 0.3 is 0 Å². The third-order valence-electron chi connectivity index (χ3n) is 2.70. The lowest BCUT2D eigenvalue weighted by molar-refractivity contribution is 0.430. The molecule has 0 saturated carbocycles. The van der Waals surface area contributed by atoms with Crippen molar-refractivity contribution in [1.82, 2.24) is 5.32 Å². The summed E-state index contributed by atoms with van der Waals surface area (Å²) in [6.07, 6.45) is 2.34. The second-order valence-corrected chi connectivity index (χ2v) is 4.41. The fourth-order valence-corrected chi connectivity index (χ4v) is 1.09. The molecule has 0 heterocycles. The Labute approximate surface area is 83.3 Å². The molecule has 0 fully saturated rings. The van der Waals surface area contributed by atoms with E-state index in [1.54, 1.807) is 0 Å². The van der Waals surface area contributed by atoms with Gasteiger partial charge in [-0.3, -0.25) is 0 Å². The van der Waals surface area contributed by atoms with E-state index in [0.29, 0.717) is 12.0 Å². The van der Waals surface area contributed by atoms with Crippen molar-refractivity contribution in [3.05, 3.63) is 0 Å². The number of hydrogen-bond acceptors (Lipinski definition) is 2.